The maximum atomic E-state index is 9.24. The number of hydrogen-bond acceptors (Lipinski definition) is 3. The predicted octanol–water partition coefficient (Wildman–Crippen LogP) is 3.35. The van der Waals surface area contributed by atoms with Crippen LogP contribution in [-0.4, -0.2) is 22.4 Å². The highest BCUT2D eigenvalue weighted by atomic mass is 16.4. The molecule has 1 heterocycles. The zero-order valence-electron chi connectivity index (χ0n) is 11.1. The smallest absolute Gasteiger partial charge is 0.106 e. The Kier molecular flexibility index (Phi) is 3.50. The molecule has 0 spiro atoms. The molecule has 100 valence electrons. The van der Waals surface area contributed by atoms with E-state index < -0.39 is 0 Å². The Morgan fingerprint density at radius 1 is 1.05 bits per heavy atom. The molecule has 0 unspecified atom stereocenters. The van der Waals surface area contributed by atoms with Gasteiger partial charge in [-0.3, -0.25) is 0 Å². The largest absolute Gasteiger partial charge is 0.411 e. The van der Waals surface area contributed by atoms with Gasteiger partial charge in [-0.1, -0.05) is 59.8 Å². The molecule has 3 rings (SSSR count). The summed E-state index contributed by atoms with van der Waals surface area (Å²) in [6.07, 6.45) is 4.15. The number of rotatable bonds is 3. The van der Waals surface area contributed by atoms with Crippen LogP contribution < -0.4 is 0 Å². The van der Waals surface area contributed by atoms with E-state index in [4.69, 9.17) is 0 Å². The molecule has 0 atom stereocenters. The van der Waals surface area contributed by atoms with Gasteiger partial charge in [-0.2, -0.15) is 0 Å². The van der Waals surface area contributed by atoms with Gasteiger partial charge in [0.25, 0.3) is 0 Å². The van der Waals surface area contributed by atoms with Crippen LogP contribution >= 0.6 is 0 Å². The molecule has 0 aliphatic carbocycles. The van der Waals surface area contributed by atoms with Crippen molar-refractivity contribution < 1.29 is 5.21 Å². The summed E-state index contributed by atoms with van der Waals surface area (Å²) in [5.74, 6) is 0. The van der Waals surface area contributed by atoms with Crippen molar-refractivity contribution in [3.05, 3.63) is 77.5 Å². The van der Waals surface area contributed by atoms with Crippen LogP contribution in [0.25, 0.3) is 6.08 Å². The summed E-state index contributed by atoms with van der Waals surface area (Å²) in [7, 11) is 0. The maximum Gasteiger partial charge on any atom is 0.106 e. The molecular weight excluding hydrogens is 248 g/mol. The normalized spacial score (nSPS) is 14.2. The summed E-state index contributed by atoms with van der Waals surface area (Å²) < 4.78 is 0. The molecule has 3 nitrogen and oxygen atoms in total. The summed E-state index contributed by atoms with van der Waals surface area (Å²) in [4.78, 5) is 2.14. The third-order valence-electron chi connectivity index (χ3n) is 3.47. The molecule has 0 radical (unpaired) electrons. The summed E-state index contributed by atoms with van der Waals surface area (Å²) in [6.45, 7) is 1.42. The van der Waals surface area contributed by atoms with Crippen LogP contribution in [0.3, 0.4) is 0 Å². The second-order valence-corrected chi connectivity index (χ2v) is 4.83. The lowest BCUT2D eigenvalue weighted by molar-refractivity contribution is 0.313. The van der Waals surface area contributed by atoms with Gasteiger partial charge < -0.3 is 10.1 Å². The first-order valence-corrected chi connectivity index (χ1v) is 6.63. The first-order valence-electron chi connectivity index (χ1n) is 6.63. The zero-order chi connectivity index (χ0) is 13.8. The van der Waals surface area contributed by atoms with Crippen molar-refractivity contribution in [1.29, 1.82) is 0 Å². The van der Waals surface area contributed by atoms with Crippen LogP contribution in [0.5, 0.6) is 0 Å². The van der Waals surface area contributed by atoms with Gasteiger partial charge in [0.1, 0.15) is 5.71 Å². The van der Waals surface area contributed by atoms with Crippen LogP contribution in [0.15, 0.2) is 66.0 Å². The van der Waals surface area contributed by atoms with Crippen molar-refractivity contribution in [3.8, 4) is 0 Å². The van der Waals surface area contributed by atoms with Gasteiger partial charge in [-0.05, 0) is 17.2 Å². The van der Waals surface area contributed by atoms with Crippen molar-refractivity contribution in [2.24, 2.45) is 5.16 Å². The number of hydrogen-bond donors (Lipinski definition) is 1. The Labute approximate surface area is 118 Å². The van der Waals surface area contributed by atoms with Crippen LogP contribution in [0.4, 0.5) is 0 Å². The molecule has 2 aromatic rings. The lowest BCUT2D eigenvalue weighted by atomic mass is 10.0. The van der Waals surface area contributed by atoms with Crippen molar-refractivity contribution >= 4 is 11.8 Å². The molecular formula is C17H16N2O. The van der Waals surface area contributed by atoms with Gasteiger partial charge in [0.05, 0.1) is 6.54 Å². The van der Waals surface area contributed by atoms with Gasteiger partial charge in [0.15, 0.2) is 0 Å². The first kappa shape index (κ1) is 12.5. The highest BCUT2D eigenvalue weighted by Gasteiger charge is 2.13. The first-order chi connectivity index (χ1) is 9.86. The minimum atomic E-state index is 0.589. The number of nitrogens with zero attached hydrogens (tertiary/aromatic N) is 2. The van der Waals surface area contributed by atoms with E-state index >= 15 is 0 Å². The quantitative estimate of drug-likeness (QED) is 0.524. The van der Waals surface area contributed by atoms with E-state index in [1.54, 1.807) is 0 Å². The van der Waals surface area contributed by atoms with Crippen LogP contribution in [-0.2, 0) is 6.54 Å². The van der Waals surface area contributed by atoms with Crippen LogP contribution in [0.1, 0.15) is 16.7 Å². The molecule has 1 aliphatic heterocycles. The summed E-state index contributed by atoms with van der Waals surface area (Å²) in [5.41, 5.74) is 4.17. The molecule has 0 fully saturated rings. The average molecular weight is 264 g/mol. The van der Waals surface area contributed by atoms with Crippen molar-refractivity contribution in [1.82, 2.24) is 4.90 Å². The fraction of sp³-hybridized carbons (Fsp3) is 0.118. The lowest BCUT2D eigenvalue weighted by Crippen LogP contribution is -2.27. The third-order valence-corrected chi connectivity index (χ3v) is 3.47. The fourth-order valence-corrected chi connectivity index (χ4v) is 2.41. The van der Waals surface area contributed by atoms with E-state index in [9.17, 15) is 5.21 Å². The molecule has 1 N–H and O–H groups in total. The zero-order valence-corrected chi connectivity index (χ0v) is 11.1. The van der Waals surface area contributed by atoms with E-state index in [0.717, 1.165) is 12.1 Å². The van der Waals surface area contributed by atoms with Gasteiger partial charge in [-0.25, -0.2) is 0 Å². The molecule has 1 aliphatic rings. The standard InChI is InChI=1S/C17H16N2O/c20-18-17(15-7-2-1-3-8-15)13-19-11-10-14-6-4-5-9-16(14)12-19/h1-11,20H,12-13H2. The second kappa shape index (κ2) is 5.61. The van der Waals surface area contributed by atoms with Crippen molar-refractivity contribution in [2.75, 3.05) is 6.54 Å². The second-order valence-electron chi connectivity index (χ2n) is 4.83. The Hall–Kier alpha value is -2.55. The molecule has 0 aromatic heterocycles. The Morgan fingerprint density at radius 3 is 2.60 bits per heavy atom. The topological polar surface area (TPSA) is 35.8 Å². The monoisotopic (exact) mass is 264 g/mol. The summed E-state index contributed by atoms with van der Waals surface area (Å²) >= 11 is 0. The Morgan fingerprint density at radius 2 is 1.80 bits per heavy atom. The van der Waals surface area contributed by atoms with Crippen LogP contribution in [0, 0.1) is 0 Å². The molecule has 0 bridgehead atoms. The lowest BCUT2D eigenvalue weighted by Gasteiger charge is -2.25. The van der Waals surface area contributed by atoms with E-state index in [2.05, 4.69) is 40.5 Å². The van der Waals surface area contributed by atoms with Gasteiger partial charge >= 0.3 is 0 Å². The van der Waals surface area contributed by atoms with Gasteiger partial charge in [-0.15, -0.1) is 0 Å². The van der Waals surface area contributed by atoms with E-state index in [0.29, 0.717) is 12.3 Å². The Balaban J connectivity index is 1.77. The molecule has 0 amide bonds. The molecule has 0 saturated carbocycles. The van der Waals surface area contributed by atoms with Crippen molar-refractivity contribution in [2.45, 2.75) is 6.54 Å². The van der Waals surface area contributed by atoms with Crippen molar-refractivity contribution in [3.63, 3.8) is 0 Å². The fourth-order valence-electron chi connectivity index (χ4n) is 2.41. The van der Waals surface area contributed by atoms with Gasteiger partial charge in [0, 0.05) is 18.3 Å². The predicted molar refractivity (Wildman–Crippen MR) is 80.7 cm³/mol. The number of oxime groups is 1. The highest BCUT2D eigenvalue weighted by Crippen LogP contribution is 2.19. The minimum Gasteiger partial charge on any atom is -0.411 e. The molecule has 20 heavy (non-hydrogen) atoms. The molecule has 0 saturated heterocycles. The summed E-state index contributed by atoms with van der Waals surface area (Å²) in [5, 5.41) is 12.7. The molecule has 3 heteroatoms. The van der Waals surface area contributed by atoms with E-state index in [-0.39, 0.29) is 0 Å². The van der Waals surface area contributed by atoms with Crippen LogP contribution in [0.2, 0.25) is 0 Å². The number of fused-ring (bicyclic) bond motifs is 1. The SMILES string of the molecule is ON=C(CN1C=Cc2ccccc2C1)c1ccccc1. The average Bonchev–Trinajstić information content (AvgIpc) is 2.53. The van der Waals surface area contributed by atoms with E-state index in [1.165, 1.54) is 11.1 Å². The summed E-state index contributed by atoms with van der Waals surface area (Å²) in [6, 6.07) is 18.1. The highest BCUT2D eigenvalue weighted by molar-refractivity contribution is 6.01. The molecule has 2 aromatic carbocycles. The Bertz CT molecular complexity index is 647. The maximum absolute atomic E-state index is 9.24. The minimum absolute atomic E-state index is 0.589. The van der Waals surface area contributed by atoms with Gasteiger partial charge in [0.2, 0.25) is 0 Å². The third kappa shape index (κ3) is 2.57. The number of benzene rings is 2. The van der Waals surface area contributed by atoms with E-state index in [1.807, 2.05) is 36.4 Å².